The molecule has 1 fully saturated rings. The van der Waals surface area contributed by atoms with Gasteiger partial charge in [0.1, 0.15) is 17.2 Å². The molecule has 2 aromatic carbocycles. The molecule has 29 heavy (non-hydrogen) atoms. The maximum atomic E-state index is 12.6. The highest BCUT2D eigenvalue weighted by molar-refractivity contribution is 6.08. The molecule has 152 valence electrons. The van der Waals surface area contributed by atoms with Crippen LogP contribution in [0.1, 0.15) is 15.9 Å². The minimum absolute atomic E-state index is 0.225. The molecule has 0 saturated carbocycles. The summed E-state index contributed by atoms with van der Waals surface area (Å²) in [4.78, 5) is 26.4. The molecule has 0 N–H and O–H groups in total. The summed E-state index contributed by atoms with van der Waals surface area (Å²) in [5.74, 6) is 1.22. The van der Waals surface area contributed by atoms with Crippen LogP contribution in [0, 0.1) is 0 Å². The molecule has 1 aliphatic rings. The third-order valence-corrected chi connectivity index (χ3v) is 4.43. The second kappa shape index (κ2) is 9.75. The van der Waals surface area contributed by atoms with Crippen LogP contribution in [0.25, 0.3) is 6.08 Å². The van der Waals surface area contributed by atoms with Gasteiger partial charge in [-0.25, -0.2) is 4.79 Å². The van der Waals surface area contributed by atoms with E-state index in [9.17, 15) is 9.59 Å². The van der Waals surface area contributed by atoms with E-state index in [1.165, 1.54) is 20.3 Å². The quantitative estimate of drug-likeness (QED) is 0.549. The standard InChI is InChI=1S/C22H23NO6/c1-26-17-7-9-21(27-2)19(15-17)20(24)8-6-16-4-3-5-18(14-16)29-22(25)23-10-12-28-13-11-23/h3-9,14-15H,10-13H2,1-2H3. The van der Waals surface area contributed by atoms with Gasteiger partial charge < -0.3 is 23.8 Å². The Balaban J connectivity index is 1.70. The highest BCUT2D eigenvalue weighted by atomic mass is 16.6. The maximum Gasteiger partial charge on any atom is 0.415 e. The second-order valence-electron chi connectivity index (χ2n) is 6.30. The van der Waals surface area contributed by atoms with Crippen molar-refractivity contribution in [3.8, 4) is 17.2 Å². The van der Waals surface area contributed by atoms with Crippen molar-refractivity contribution in [2.75, 3.05) is 40.5 Å². The van der Waals surface area contributed by atoms with E-state index in [0.717, 1.165) is 5.56 Å². The summed E-state index contributed by atoms with van der Waals surface area (Å²) in [6, 6.07) is 12.0. The van der Waals surface area contributed by atoms with Crippen LogP contribution >= 0.6 is 0 Å². The number of allylic oxidation sites excluding steroid dienone is 1. The highest BCUT2D eigenvalue weighted by Crippen LogP contribution is 2.25. The molecule has 7 nitrogen and oxygen atoms in total. The number of ether oxygens (including phenoxy) is 4. The van der Waals surface area contributed by atoms with Gasteiger partial charge in [-0.05, 0) is 42.0 Å². The molecular weight excluding hydrogens is 374 g/mol. The number of carbonyl (C=O) groups excluding carboxylic acids is 2. The Morgan fingerprint density at radius 2 is 1.79 bits per heavy atom. The minimum Gasteiger partial charge on any atom is -0.497 e. The summed E-state index contributed by atoms with van der Waals surface area (Å²) in [7, 11) is 3.05. The monoisotopic (exact) mass is 397 g/mol. The number of nitrogens with zero attached hydrogens (tertiary/aromatic N) is 1. The van der Waals surface area contributed by atoms with Crippen molar-refractivity contribution in [1.29, 1.82) is 0 Å². The van der Waals surface area contributed by atoms with Crippen LogP contribution < -0.4 is 14.2 Å². The molecule has 1 heterocycles. The van der Waals surface area contributed by atoms with Gasteiger partial charge in [0.25, 0.3) is 0 Å². The fraction of sp³-hybridized carbons (Fsp3) is 0.273. The van der Waals surface area contributed by atoms with Gasteiger partial charge >= 0.3 is 6.09 Å². The fourth-order valence-electron chi connectivity index (χ4n) is 2.86. The van der Waals surface area contributed by atoms with Gasteiger partial charge in [0.05, 0.1) is 33.0 Å². The smallest absolute Gasteiger partial charge is 0.415 e. The summed E-state index contributed by atoms with van der Waals surface area (Å²) in [6.07, 6.45) is 2.69. The molecule has 0 aromatic heterocycles. The van der Waals surface area contributed by atoms with E-state index in [0.29, 0.717) is 49.1 Å². The van der Waals surface area contributed by atoms with Crippen molar-refractivity contribution in [2.24, 2.45) is 0 Å². The van der Waals surface area contributed by atoms with E-state index in [-0.39, 0.29) is 5.78 Å². The van der Waals surface area contributed by atoms with Gasteiger partial charge in [-0.1, -0.05) is 18.2 Å². The van der Waals surface area contributed by atoms with Crippen LogP contribution in [0.4, 0.5) is 4.79 Å². The first kappa shape index (κ1) is 20.4. The molecular formula is C22H23NO6. The summed E-state index contributed by atoms with van der Waals surface area (Å²) in [5.41, 5.74) is 1.13. The van der Waals surface area contributed by atoms with Gasteiger partial charge in [0.2, 0.25) is 0 Å². The molecule has 0 atom stereocenters. The Morgan fingerprint density at radius 3 is 2.52 bits per heavy atom. The number of hydrogen-bond acceptors (Lipinski definition) is 6. The number of methoxy groups -OCH3 is 2. The van der Waals surface area contributed by atoms with Crippen LogP contribution in [0.2, 0.25) is 0 Å². The Morgan fingerprint density at radius 1 is 1.00 bits per heavy atom. The van der Waals surface area contributed by atoms with Gasteiger partial charge in [-0.3, -0.25) is 4.79 Å². The van der Waals surface area contributed by atoms with E-state index in [1.807, 2.05) is 6.07 Å². The lowest BCUT2D eigenvalue weighted by atomic mass is 10.1. The summed E-state index contributed by atoms with van der Waals surface area (Å²) in [5, 5.41) is 0. The van der Waals surface area contributed by atoms with Crippen molar-refractivity contribution < 1.29 is 28.5 Å². The number of benzene rings is 2. The lowest BCUT2D eigenvalue weighted by Gasteiger charge is -2.25. The Hall–Kier alpha value is -3.32. The topological polar surface area (TPSA) is 74.3 Å². The van der Waals surface area contributed by atoms with Gasteiger partial charge in [0, 0.05) is 13.1 Å². The summed E-state index contributed by atoms with van der Waals surface area (Å²) in [6.45, 7) is 2.03. The van der Waals surface area contributed by atoms with Crippen molar-refractivity contribution in [3.63, 3.8) is 0 Å². The molecule has 3 rings (SSSR count). The number of ketones is 1. The number of amides is 1. The first-order valence-electron chi connectivity index (χ1n) is 9.19. The number of hydrogen-bond donors (Lipinski definition) is 0. The van der Waals surface area contributed by atoms with Crippen molar-refractivity contribution in [2.45, 2.75) is 0 Å². The molecule has 0 aliphatic carbocycles. The molecule has 1 amide bonds. The average molecular weight is 397 g/mol. The van der Waals surface area contributed by atoms with Crippen LogP contribution in [0.5, 0.6) is 17.2 Å². The zero-order valence-electron chi connectivity index (χ0n) is 16.4. The Kier molecular flexibility index (Phi) is 6.86. The van der Waals surface area contributed by atoms with Gasteiger partial charge in [-0.2, -0.15) is 0 Å². The van der Waals surface area contributed by atoms with Crippen LogP contribution in [-0.4, -0.2) is 57.3 Å². The highest BCUT2D eigenvalue weighted by Gasteiger charge is 2.18. The van der Waals surface area contributed by atoms with Crippen molar-refractivity contribution in [3.05, 3.63) is 59.7 Å². The van der Waals surface area contributed by atoms with Gasteiger partial charge in [-0.15, -0.1) is 0 Å². The van der Waals surface area contributed by atoms with Crippen molar-refractivity contribution in [1.82, 2.24) is 4.90 Å². The second-order valence-corrected chi connectivity index (χ2v) is 6.30. The maximum absolute atomic E-state index is 12.6. The number of rotatable bonds is 6. The third kappa shape index (κ3) is 5.36. The Labute approximate surface area is 169 Å². The first-order chi connectivity index (χ1) is 14.1. The zero-order chi connectivity index (χ0) is 20.6. The lowest BCUT2D eigenvalue weighted by Crippen LogP contribution is -2.42. The van der Waals surface area contributed by atoms with Gasteiger partial charge in [0.15, 0.2) is 5.78 Å². The average Bonchev–Trinajstić information content (AvgIpc) is 2.77. The molecule has 2 aromatic rings. The van der Waals surface area contributed by atoms with Crippen LogP contribution in [0.3, 0.4) is 0 Å². The predicted octanol–water partition coefficient (Wildman–Crippen LogP) is 3.43. The van der Waals surface area contributed by atoms with E-state index < -0.39 is 6.09 Å². The predicted molar refractivity (Wildman–Crippen MR) is 108 cm³/mol. The molecule has 1 saturated heterocycles. The van der Waals surface area contributed by atoms with Crippen LogP contribution in [0.15, 0.2) is 48.5 Å². The largest absolute Gasteiger partial charge is 0.497 e. The number of morpholine rings is 1. The molecule has 0 radical (unpaired) electrons. The summed E-state index contributed by atoms with van der Waals surface area (Å²) >= 11 is 0. The first-order valence-corrected chi connectivity index (χ1v) is 9.19. The SMILES string of the molecule is COc1ccc(OC)c(C(=O)C=Cc2cccc(OC(=O)N3CCOCC3)c2)c1. The molecule has 7 heteroatoms. The molecule has 0 spiro atoms. The molecule has 1 aliphatic heterocycles. The summed E-state index contributed by atoms with van der Waals surface area (Å²) < 4.78 is 21.1. The van der Waals surface area contributed by atoms with E-state index >= 15 is 0 Å². The number of carbonyl (C=O) groups is 2. The Bertz CT molecular complexity index is 902. The molecule has 0 unspecified atom stereocenters. The van der Waals surface area contributed by atoms with E-state index in [2.05, 4.69) is 0 Å². The van der Waals surface area contributed by atoms with Crippen LogP contribution in [-0.2, 0) is 4.74 Å². The molecule has 0 bridgehead atoms. The van der Waals surface area contributed by atoms with E-state index in [4.69, 9.17) is 18.9 Å². The van der Waals surface area contributed by atoms with Crippen molar-refractivity contribution >= 4 is 18.0 Å². The fourth-order valence-corrected chi connectivity index (χ4v) is 2.86. The lowest BCUT2D eigenvalue weighted by molar-refractivity contribution is 0.0416. The third-order valence-electron chi connectivity index (χ3n) is 4.43. The zero-order valence-corrected chi connectivity index (χ0v) is 16.4. The van der Waals surface area contributed by atoms with E-state index in [1.54, 1.807) is 47.4 Å². The minimum atomic E-state index is -0.411. The normalized spacial score (nSPS) is 13.9.